The molecule has 0 aliphatic carbocycles. The predicted octanol–water partition coefficient (Wildman–Crippen LogP) is 5.04. The van der Waals surface area contributed by atoms with E-state index in [4.69, 9.17) is 28.6 Å². The largest absolute Gasteiger partial charge is 0.497 e. The fraction of sp³-hybridized carbons (Fsp3) is 0.333. The van der Waals surface area contributed by atoms with Gasteiger partial charge in [-0.05, 0) is 32.0 Å². The van der Waals surface area contributed by atoms with E-state index >= 15 is 0 Å². The van der Waals surface area contributed by atoms with Gasteiger partial charge in [-0.25, -0.2) is 0 Å². The Balaban J connectivity index is 2.36. The van der Waals surface area contributed by atoms with Gasteiger partial charge in [0.1, 0.15) is 15.5 Å². The minimum atomic E-state index is -0.471. The molecular formula is C15H14ClNO2S3. The van der Waals surface area contributed by atoms with Crippen LogP contribution in [0.4, 0.5) is 5.69 Å². The van der Waals surface area contributed by atoms with Crippen LogP contribution in [0.2, 0.25) is 0 Å². The number of alkyl halides is 1. The Morgan fingerprint density at radius 3 is 2.77 bits per heavy atom. The van der Waals surface area contributed by atoms with Gasteiger partial charge in [-0.1, -0.05) is 32.9 Å². The van der Waals surface area contributed by atoms with E-state index in [1.807, 2.05) is 32.0 Å². The average molecular weight is 372 g/mol. The van der Waals surface area contributed by atoms with Crippen LogP contribution in [0.5, 0.6) is 5.75 Å². The van der Waals surface area contributed by atoms with Crippen molar-refractivity contribution in [1.82, 2.24) is 0 Å². The number of carbonyl (C=O) groups excluding carboxylic acids is 1. The van der Waals surface area contributed by atoms with Crippen LogP contribution in [0, 0.1) is 3.82 Å². The van der Waals surface area contributed by atoms with Crippen LogP contribution in [-0.4, -0.2) is 18.9 Å². The van der Waals surface area contributed by atoms with Gasteiger partial charge >= 0.3 is 0 Å². The van der Waals surface area contributed by atoms with Gasteiger partial charge in [0.05, 0.1) is 23.2 Å². The molecule has 0 atom stereocenters. The Labute approximate surface area is 146 Å². The van der Waals surface area contributed by atoms with Crippen LogP contribution in [0.25, 0.3) is 11.1 Å². The lowest BCUT2D eigenvalue weighted by atomic mass is 9.87. The SMILES string of the molecule is COc1ccc2c(c1)-c1c(ssc1=S)C(C)(C)N2C(=O)CCl. The van der Waals surface area contributed by atoms with Crippen molar-refractivity contribution in [2.45, 2.75) is 19.4 Å². The average Bonchev–Trinajstić information content (AvgIpc) is 2.89. The number of rotatable bonds is 2. The minimum absolute atomic E-state index is 0.0558. The molecule has 3 nitrogen and oxygen atoms in total. The van der Waals surface area contributed by atoms with Gasteiger partial charge in [0.15, 0.2) is 0 Å². The molecule has 0 N–H and O–H groups in total. The van der Waals surface area contributed by atoms with Crippen molar-refractivity contribution < 1.29 is 9.53 Å². The first kappa shape index (κ1) is 15.9. The van der Waals surface area contributed by atoms with E-state index in [1.54, 1.807) is 32.7 Å². The topological polar surface area (TPSA) is 29.5 Å². The summed E-state index contributed by atoms with van der Waals surface area (Å²) in [4.78, 5) is 15.3. The predicted molar refractivity (Wildman–Crippen MR) is 96.3 cm³/mol. The summed E-state index contributed by atoms with van der Waals surface area (Å²) in [6.07, 6.45) is 0. The minimum Gasteiger partial charge on any atom is -0.497 e. The highest BCUT2D eigenvalue weighted by Crippen LogP contribution is 2.52. The quantitative estimate of drug-likeness (QED) is 0.421. The third-order valence-electron chi connectivity index (χ3n) is 3.82. The lowest BCUT2D eigenvalue weighted by Crippen LogP contribution is -2.48. The molecule has 2 aromatic rings. The van der Waals surface area contributed by atoms with Crippen molar-refractivity contribution in [2.24, 2.45) is 0 Å². The molecule has 22 heavy (non-hydrogen) atoms. The highest BCUT2D eigenvalue weighted by atomic mass is 35.5. The third-order valence-corrected chi connectivity index (χ3v) is 7.38. The molecule has 0 radical (unpaired) electrons. The van der Waals surface area contributed by atoms with E-state index in [0.29, 0.717) is 0 Å². The second kappa shape index (κ2) is 5.60. The molecule has 0 saturated heterocycles. The van der Waals surface area contributed by atoms with Gasteiger partial charge in [0.2, 0.25) is 5.91 Å². The number of carbonyl (C=O) groups is 1. The summed E-state index contributed by atoms with van der Waals surface area (Å²) in [6, 6.07) is 5.70. The molecule has 1 aliphatic rings. The van der Waals surface area contributed by atoms with Crippen LogP contribution in [0.15, 0.2) is 18.2 Å². The second-order valence-corrected chi connectivity index (χ2v) is 8.55. The number of fused-ring (bicyclic) bond motifs is 3. The number of nitrogens with zero attached hydrogens (tertiary/aromatic N) is 1. The fourth-order valence-corrected chi connectivity index (χ4v) is 6.24. The van der Waals surface area contributed by atoms with Crippen molar-refractivity contribution >= 4 is 56.1 Å². The molecular weight excluding hydrogens is 358 g/mol. The zero-order valence-corrected chi connectivity index (χ0v) is 15.5. The summed E-state index contributed by atoms with van der Waals surface area (Å²) in [5, 5.41) is 0. The lowest BCUT2D eigenvalue weighted by molar-refractivity contribution is -0.117. The standard InChI is InChI=1S/C15H14ClNO2S3/c1-15(2)13-12(14(20)22-21-13)9-6-8(19-3)4-5-10(9)17(15)11(18)7-16/h4-6H,7H2,1-3H3. The van der Waals surface area contributed by atoms with E-state index in [0.717, 1.165) is 31.3 Å². The number of amides is 1. The Hall–Kier alpha value is -0.950. The van der Waals surface area contributed by atoms with E-state index < -0.39 is 5.54 Å². The molecule has 2 heterocycles. The van der Waals surface area contributed by atoms with E-state index in [2.05, 4.69) is 0 Å². The molecule has 3 rings (SSSR count). The Kier molecular flexibility index (Phi) is 4.05. The summed E-state index contributed by atoms with van der Waals surface area (Å²) in [5.41, 5.74) is 2.35. The van der Waals surface area contributed by atoms with Gasteiger partial charge in [-0.2, -0.15) is 0 Å². The van der Waals surface area contributed by atoms with Gasteiger partial charge < -0.3 is 9.64 Å². The Morgan fingerprint density at radius 2 is 2.14 bits per heavy atom. The van der Waals surface area contributed by atoms with Crippen LogP contribution in [0.3, 0.4) is 0 Å². The number of benzene rings is 1. The van der Waals surface area contributed by atoms with E-state index in [1.165, 1.54) is 0 Å². The highest BCUT2D eigenvalue weighted by Gasteiger charge is 2.42. The lowest BCUT2D eigenvalue weighted by Gasteiger charge is -2.42. The molecule has 0 saturated carbocycles. The number of hydrogen-bond donors (Lipinski definition) is 0. The zero-order valence-electron chi connectivity index (χ0n) is 12.3. The van der Waals surface area contributed by atoms with Crippen LogP contribution in [-0.2, 0) is 10.3 Å². The number of ether oxygens (including phenoxy) is 1. The first-order valence-electron chi connectivity index (χ1n) is 6.63. The molecule has 1 aromatic heterocycles. The van der Waals surface area contributed by atoms with Gasteiger partial charge in [-0.15, -0.1) is 11.6 Å². The number of methoxy groups -OCH3 is 1. The Morgan fingerprint density at radius 1 is 1.41 bits per heavy atom. The summed E-state index contributed by atoms with van der Waals surface area (Å²) in [6.45, 7) is 4.06. The summed E-state index contributed by atoms with van der Waals surface area (Å²) < 4.78 is 6.18. The van der Waals surface area contributed by atoms with Crippen molar-refractivity contribution in [3.63, 3.8) is 0 Å². The van der Waals surface area contributed by atoms with Crippen molar-refractivity contribution in [3.05, 3.63) is 26.9 Å². The summed E-state index contributed by atoms with van der Waals surface area (Å²) in [7, 11) is 4.82. The van der Waals surface area contributed by atoms with Crippen LogP contribution >= 0.6 is 44.5 Å². The summed E-state index contributed by atoms with van der Waals surface area (Å²) >= 11 is 11.4. The number of halogens is 1. The first-order valence-corrected chi connectivity index (χ1v) is 9.72. The van der Waals surface area contributed by atoms with Crippen molar-refractivity contribution in [2.75, 3.05) is 17.9 Å². The first-order chi connectivity index (χ1) is 10.4. The van der Waals surface area contributed by atoms with Crippen LogP contribution in [0.1, 0.15) is 18.7 Å². The van der Waals surface area contributed by atoms with Gasteiger partial charge in [0, 0.05) is 11.1 Å². The van der Waals surface area contributed by atoms with Gasteiger partial charge in [-0.3, -0.25) is 4.79 Å². The normalized spacial score (nSPS) is 15.2. The maximum atomic E-state index is 12.5. The number of anilines is 1. The van der Waals surface area contributed by atoms with Crippen molar-refractivity contribution in [3.8, 4) is 16.9 Å². The van der Waals surface area contributed by atoms with E-state index in [9.17, 15) is 4.79 Å². The van der Waals surface area contributed by atoms with Crippen molar-refractivity contribution in [1.29, 1.82) is 0 Å². The smallest absolute Gasteiger partial charge is 0.242 e. The zero-order chi connectivity index (χ0) is 16.1. The van der Waals surface area contributed by atoms with E-state index in [-0.39, 0.29) is 11.8 Å². The third kappa shape index (κ3) is 2.21. The Bertz CT molecular complexity index is 809. The van der Waals surface area contributed by atoms with Gasteiger partial charge in [0.25, 0.3) is 0 Å². The molecule has 0 fully saturated rings. The molecule has 1 aliphatic heterocycles. The number of hydrogen-bond acceptors (Lipinski definition) is 5. The fourth-order valence-electron chi connectivity index (χ4n) is 2.84. The molecule has 0 bridgehead atoms. The molecule has 0 spiro atoms. The molecule has 0 unspecified atom stereocenters. The van der Waals surface area contributed by atoms with Crippen LogP contribution < -0.4 is 9.64 Å². The highest BCUT2D eigenvalue weighted by molar-refractivity contribution is 7.80. The molecule has 116 valence electrons. The molecule has 7 heteroatoms. The molecule has 1 aromatic carbocycles. The molecule has 1 amide bonds. The maximum absolute atomic E-state index is 12.5. The maximum Gasteiger partial charge on any atom is 0.242 e. The summed E-state index contributed by atoms with van der Waals surface area (Å²) in [5.74, 6) is 0.570. The monoisotopic (exact) mass is 371 g/mol. The second-order valence-electron chi connectivity index (χ2n) is 5.46.